The summed E-state index contributed by atoms with van der Waals surface area (Å²) in [5, 5.41) is 5.89. The molecule has 2 aromatic carbocycles. The molecule has 0 unspecified atom stereocenters. The lowest BCUT2D eigenvalue weighted by Crippen LogP contribution is -2.27. The van der Waals surface area contributed by atoms with Gasteiger partial charge in [0.15, 0.2) is 0 Å². The molecule has 2 N–H and O–H groups in total. The predicted octanol–water partition coefficient (Wildman–Crippen LogP) is 5.25. The van der Waals surface area contributed by atoms with E-state index in [9.17, 15) is 9.59 Å². The number of ether oxygens (including phenoxy) is 1. The Bertz CT molecular complexity index is 1120. The molecule has 0 fully saturated rings. The molecule has 2 amide bonds. The van der Waals surface area contributed by atoms with Crippen LogP contribution in [0.5, 0.6) is 5.75 Å². The minimum Gasteiger partial charge on any atom is -0.488 e. The van der Waals surface area contributed by atoms with E-state index in [1.54, 1.807) is 18.2 Å². The van der Waals surface area contributed by atoms with Gasteiger partial charge in [-0.15, -0.1) is 11.3 Å². The first-order chi connectivity index (χ1) is 14.4. The maximum absolute atomic E-state index is 12.9. The molecule has 4 rings (SSSR count). The standard InChI is InChI=1S/C24H24N2O3S/c1-14(2)12-25-23(27)16-8-9-19(15(3)10-16)26-24(28)21-11-17-13-29-20-7-5-4-6-18(20)22(17)30-21/h4-11,14H,12-13H2,1-3H3,(H,25,27)(H,26,28). The van der Waals surface area contributed by atoms with Gasteiger partial charge in [-0.25, -0.2) is 0 Å². The summed E-state index contributed by atoms with van der Waals surface area (Å²) in [6, 6.07) is 15.1. The van der Waals surface area contributed by atoms with Crippen LogP contribution in [0.3, 0.4) is 0 Å². The molecular formula is C24H24N2O3S. The molecule has 0 atom stereocenters. The van der Waals surface area contributed by atoms with Gasteiger partial charge in [-0.1, -0.05) is 26.0 Å². The third-order valence-corrected chi connectivity index (χ3v) is 6.16. The van der Waals surface area contributed by atoms with Gasteiger partial charge in [-0.05, 0) is 54.8 Å². The lowest BCUT2D eigenvalue weighted by atomic mass is 10.1. The van der Waals surface area contributed by atoms with Crippen LogP contribution in [0.2, 0.25) is 0 Å². The number of anilines is 1. The van der Waals surface area contributed by atoms with Crippen LogP contribution >= 0.6 is 11.3 Å². The van der Waals surface area contributed by atoms with E-state index in [0.29, 0.717) is 35.2 Å². The summed E-state index contributed by atoms with van der Waals surface area (Å²) in [5.41, 5.74) is 4.18. The number of aryl methyl sites for hydroxylation is 1. The van der Waals surface area contributed by atoms with Crippen molar-refractivity contribution in [3.05, 3.63) is 70.1 Å². The van der Waals surface area contributed by atoms with Crippen molar-refractivity contribution in [1.82, 2.24) is 5.32 Å². The van der Waals surface area contributed by atoms with Crippen molar-refractivity contribution in [2.24, 2.45) is 5.92 Å². The first-order valence-electron chi connectivity index (χ1n) is 9.97. The highest BCUT2D eigenvalue weighted by Gasteiger charge is 2.22. The molecule has 6 heteroatoms. The van der Waals surface area contributed by atoms with E-state index >= 15 is 0 Å². The SMILES string of the molecule is Cc1cc(C(=O)NCC(C)C)ccc1NC(=O)c1cc2c(s1)-c1ccccc1OC2. The van der Waals surface area contributed by atoms with E-state index in [0.717, 1.165) is 27.3 Å². The molecule has 3 aromatic rings. The van der Waals surface area contributed by atoms with Crippen LogP contribution in [0.4, 0.5) is 5.69 Å². The molecule has 1 aliphatic heterocycles. The van der Waals surface area contributed by atoms with Crippen molar-refractivity contribution in [2.75, 3.05) is 11.9 Å². The Labute approximate surface area is 180 Å². The van der Waals surface area contributed by atoms with Gasteiger partial charge in [0.1, 0.15) is 12.4 Å². The summed E-state index contributed by atoms with van der Waals surface area (Å²) >= 11 is 1.47. The quantitative estimate of drug-likeness (QED) is 0.592. The van der Waals surface area contributed by atoms with Crippen molar-refractivity contribution in [2.45, 2.75) is 27.4 Å². The Morgan fingerprint density at radius 1 is 1.10 bits per heavy atom. The minimum atomic E-state index is -0.160. The van der Waals surface area contributed by atoms with E-state index in [1.165, 1.54) is 11.3 Å². The maximum Gasteiger partial charge on any atom is 0.265 e. The Morgan fingerprint density at radius 3 is 2.67 bits per heavy atom. The molecule has 0 aliphatic carbocycles. The topological polar surface area (TPSA) is 67.4 Å². The number of amides is 2. The summed E-state index contributed by atoms with van der Waals surface area (Å²) in [4.78, 5) is 26.8. The highest BCUT2D eigenvalue weighted by molar-refractivity contribution is 7.17. The minimum absolute atomic E-state index is 0.103. The number of fused-ring (bicyclic) bond motifs is 3. The second-order valence-corrected chi connectivity index (χ2v) is 8.89. The Hall–Kier alpha value is -3.12. The highest BCUT2D eigenvalue weighted by atomic mass is 32.1. The molecule has 5 nitrogen and oxygen atoms in total. The van der Waals surface area contributed by atoms with Gasteiger partial charge in [0.2, 0.25) is 0 Å². The van der Waals surface area contributed by atoms with Crippen molar-refractivity contribution in [3.63, 3.8) is 0 Å². The van der Waals surface area contributed by atoms with Crippen LogP contribution in [-0.4, -0.2) is 18.4 Å². The first-order valence-corrected chi connectivity index (χ1v) is 10.8. The smallest absolute Gasteiger partial charge is 0.265 e. The average molecular weight is 421 g/mol. The van der Waals surface area contributed by atoms with Crippen LogP contribution in [0, 0.1) is 12.8 Å². The zero-order chi connectivity index (χ0) is 21.3. The number of carbonyl (C=O) groups is 2. The second-order valence-electron chi connectivity index (χ2n) is 7.84. The average Bonchev–Trinajstić information content (AvgIpc) is 3.18. The molecule has 154 valence electrons. The lowest BCUT2D eigenvalue weighted by Gasteiger charge is -2.16. The number of carbonyl (C=O) groups excluding carboxylic acids is 2. The van der Waals surface area contributed by atoms with Gasteiger partial charge in [-0.3, -0.25) is 9.59 Å². The zero-order valence-corrected chi connectivity index (χ0v) is 18.1. The van der Waals surface area contributed by atoms with Crippen molar-refractivity contribution in [1.29, 1.82) is 0 Å². The number of hydrogen-bond acceptors (Lipinski definition) is 4. The molecule has 30 heavy (non-hydrogen) atoms. The van der Waals surface area contributed by atoms with Crippen LogP contribution in [-0.2, 0) is 6.61 Å². The van der Waals surface area contributed by atoms with E-state index < -0.39 is 0 Å². The summed E-state index contributed by atoms with van der Waals surface area (Å²) < 4.78 is 5.79. The van der Waals surface area contributed by atoms with E-state index in [2.05, 4.69) is 24.5 Å². The predicted molar refractivity (Wildman–Crippen MR) is 120 cm³/mol. The van der Waals surface area contributed by atoms with Crippen LogP contribution in [0.25, 0.3) is 10.4 Å². The van der Waals surface area contributed by atoms with E-state index in [4.69, 9.17) is 4.74 Å². The molecule has 1 aliphatic rings. The summed E-state index contributed by atoms with van der Waals surface area (Å²) in [5.74, 6) is 0.977. The number of para-hydroxylation sites is 1. The van der Waals surface area contributed by atoms with Crippen molar-refractivity contribution in [3.8, 4) is 16.2 Å². The van der Waals surface area contributed by atoms with Crippen molar-refractivity contribution < 1.29 is 14.3 Å². The Balaban J connectivity index is 1.50. The van der Waals surface area contributed by atoms with Gasteiger partial charge in [0, 0.05) is 33.8 Å². The second kappa shape index (κ2) is 8.32. The monoisotopic (exact) mass is 420 g/mol. The number of nitrogens with one attached hydrogen (secondary N) is 2. The van der Waals surface area contributed by atoms with Crippen LogP contribution in [0.1, 0.15) is 45.0 Å². The van der Waals surface area contributed by atoms with Gasteiger partial charge >= 0.3 is 0 Å². The Kier molecular flexibility index (Phi) is 5.59. The van der Waals surface area contributed by atoms with Gasteiger partial charge in [0.05, 0.1) is 4.88 Å². The summed E-state index contributed by atoms with van der Waals surface area (Å²) in [7, 11) is 0. The Morgan fingerprint density at radius 2 is 1.90 bits per heavy atom. The number of hydrogen-bond donors (Lipinski definition) is 2. The maximum atomic E-state index is 12.9. The van der Waals surface area contributed by atoms with Crippen molar-refractivity contribution >= 4 is 28.8 Å². The third-order valence-electron chi connectivity index (χ3n) is 4.96. The molecule has 0 saturated carbocycles. The molecule has 0 bridgehead atoms. The number of rotatable bonds is 5. The van der Waals surface area contributed by atoms with Crippen LogP contribution < -0.4 is 15.4 Å². The fourth-order valence-corrected chi connectivity index (χ4v) is 4.43. The van der Waals surface area contributed by atoms with Crippen LogP contribution in [0.15, 0.2) is 48.5 Å². The first kappa shape index (κ1) is 20.2. The van der Waals surface area contributed by atoms with E-state index in [-0.39, 0.29) is 11.8 Å². The fraction of sp³-hybridized carbons (Fsp3) is 0.250. The van der Waals surface area contributed by atoms with Gasteiger partial charge < -0.3 is 15.4 Å². The highest BCUT2D eigenvalue weighted by Crippen LogP contribution is 2.42. The zero-order valence-electron chi connectivity index (χ0n) is 17.2. The summed E-state index contributed by atoms with van der Waals surface area (Å²) in [6.07, 6.45) is 0. The molecule has 0 spiro atoms. The molecule has 1 aromatic heterocycles. The summed E-state index contributed by atoms with van der Waals surface area (Å²) in [6.45, 7) is 7.09. The number of benzene rings is 2. The molecule has 0 radical (unpaired) electrons. The molecule has 2 heterocycles. The third kappa shape index (κ3) is 4.09. The molecule has 0 saturated heterocycles. The number of thiophene rings is 1. The normalized spacial score (nSPS) is 12.0. The fourth-order valence-electron chi connectivity index (χ4n) is 3.34. The van der Waals surface area contributed by atoms with Gasteiger partial charge in [-0.2, -0.15) is 0 Å². The largest absolute Gasteiger partial charge is 0.488 e. The van der Waals surface area contributed by atoms with Gasteiger partial charge in [0.25, 0.3) is 11.8 Å². The lowest BCUT2D eigenvalue weighted by molar-refractivity contribution is 0.0948. The van der Waals surface area contributed by atoms with E-state index in [1.807, 2.05) is 37.3 Å². The molecular weight excluding hydrogens is 396 g/mol.